The van der Waals surface area contributed by atoms with Crippen molar-refractivity contribution in [3.05, 3.63) is 24.3 Å². The van der Waals surface area contributed by atoms with Crippen molar-refractivity contribution in [1.82, 2.24) is 0 Å². The summed E-state index contributed by atoms with van der Waals surface area (Å²) in [5, 5.41) is 50.3. The smallest absolute Gasteiger partial charge is 0.457 e. The summed E-state index contributed by atoms with van der Waals surface area (Å²) in [6.07, 6.45) is 38.2. The van der Waals surface area contributed by atoms with Crippen LogP contribution in [0.5, 0.6) is 0 Å². The standard InChI is InChI=1S/C52H99O12P/c1-3-5-7-9-11-13-15-17-19-20-21-22-23-24-25-26-27-28-30-32-34-36-38-40-42-61-43-45(44-62-65(59,60)64-52-50(57)48(55)47(54)49(56)51(52)58)63-46(53)41-39-37-35-33-31-29-18-16-14-12-10-8-6-4-2/h15,17,20-21,45,47-52,54-58H,3-14,16,18-19,22-44H2,1-2H3,(H,59,60)/b17-15-,21-20-. The van der Waals surface area contributed by atoms with Crippen molar-refractivity contribution in [2.45, 2.75) is 281 Å². The number of rotatable bonds is 46. The first-order valence-corrected chi connectivity index (χ1v) is 28.2. The molecule has 0 amide bonds. The van der Waals surface area contributed by atoms with Gasteiger partial charge in [-0.3, -0.25) is 13.8 Å². The maximum Gasteiger partial charge on any atom is 0.472 e. The Morgan fingerprint density at radius 3 is 1.29 bits per heavy atom. The number of unbranched alkanes of at least 4 members (excludes halogenated alkanes) is 30. The lowest BCUT2D eigenvalue weighted by Crippen LogP contribution is -2.64. The summed E-state index contributed by atoms with van der Waals surface area (Å²) in [5.41, 5.74) is 0. The lowest BCUT2D eigenvalue weighted by atomic mass is 9.85. The summed E-state index contributed by atoms with van der Waals surface area (Å²) in [7, 11) is -5.02. The third-order valence-corrected chi connectivity index (χ3v) is 13.6. The van der Waals surface area contributed by atoms with Gasteiger partial charge in [0.05, 0.1) is 13.2 Å². The van der Waals surface area contributed by atoms with Crippen LogP contribution in [0.1, 0.15) is 239 Å². The molecule has 1 fully saturated rings. The van der Waals surface area contributed by atoms with Crippen LogP contribution in [0, 0.1) is 0 Å². The van der Waals surface area contributed by atoms with E-state index in [0.717, 1.165) is 44.9 Å². The number of esters is 1. The number of phosphoric ester groups is 1. The molecule has 0 radical (unpaired) electrons. The van der Waals surface area contributed by atoms with Gasteiger partial charge in [0.1, 0.15) is 42.7 Å². The highest BCUT2D eigenvalue weighted by molar-refractivity contribution is 7.47. The quantitative estimate of drug-likeness (QED) is 0.0147. The molecule has 0 saturated heterocycles. The molecule has 0 aromatic heterocycles. The summed E-state index contributed by atoms with van der Waals surface area (Å²) in [4.78, 5) is 23.2. The normalized spacial score (nSPS) is 21.7. The molecule has 384 valence electrons. The SMILES string of the molecule is CCCCCCC/C=C\C/C=C\CCCCCCCCCCCCCCOCC(COP(=O)(O)OC1C(O)C(O)C(O)C(O)C1O)OC(=O)CCCCCCCCCCCCCCCC. The Kier molecular flexibility index (Phi) is 40.8. The first kappa shape index (κ1) is 61.8. The van der Waals surface area contributed by atoms with Crippen LogP contribution in [-0.4, -0.2) is 98.9 Å². The molecular weight excluding hydrogens is 848 g/mol. The molecule has 65 heavy (non-hydrogen) atoms. The highest BCUT2D eigenvalue weighted by atomic mass is 31.2. The Morgan fingerprint density at radius 2 is 0.862 bits per heavy atom. The highest BCUT2D eigenvalue weighted by Gasteiger charge is 2.51. The molecule has 6 N–H and O–H groups in total. The minimum absolute atomic E-state index is 0.0730. The van der Waals surface area contributed by atoms with E-state index in [2.05, 4.69) is 38.2 Å². The van der Waals surface area contributed by atoms with Crippen LogP contribution in [0.25, 0.3) is 0 Å². The van der Waals surface area contributed by atoms with E-state index in [1.165, 1.54) is 167 Å². The molecule has 0 aromatic rings. The maximum absolute atomic E-state index is 12.8. The zero-order valence-corrected chi connectivity index (χ0v) is 42.2. The van der Waals surface area contributed by atoms with Crippen LogP contribution >= 0.6 is 7.82 Å². The van der Waals surface area contributed by atoms with Crippen LogP contribution in [0.2, 0.25) is 0 Å². The highest BCUT2D eigenvalue weighted by Crippen LogP contribution is 2.47. The Bertz CT molecular complexity index is 1170. The molecule has 0 aliphatic heterocycles. The fraction of sp³-hybridized carbons (Fsp3) is 0.904. The summed E-state index contributed by atoms with van der Waals surface area (Å²) < 4.78 is 34.3. The van der Waals surface area contributed by atoms with Crippen LogP contribution < -0.4 is 0 Å². The summed E-state index contributed by atoms with van der Waals surface area (Å²) in [5.74, 6) is -0.474. The zero-order chi connectivity index (χ0) is 47.6. The molecule has 12 nitrogen and oxygen atoms in total. The summed E-state index contributed by atoms with van der Waals surface area (Å²) in [6.45, 7) is 4.28. The van der Waals surface area contributed by atoms with E-state index in [0.29, 0.717) is 13.0 Å². The first-order valence-electron chi connectivity index (χ1n) is 26.7. The van der Waals surface area contributed by atoms with Crippen molar-refractivity contribution in [3.63, 3.8) is 0 Å². The molecule has 1 aliphatic rings. The van der Waals surface area contributed by atoms with Crippen molar-refractivity contribution in [1.29, 1.82) is 0 Å². The molecule has 6 unspecified atom stereocenters. The van der Waals surface area contributed by atoms with Gasteiger partial charge in [-0.1, -0.05) is 212 Å². The predicted octanol–water partition coefficient (Wildman–Crippen LogP) is 12.0. The average Bonchev–Trinajstić information content (AvgIpc) is 3.29. The first-order chi connectivity index (χ1) is 31.5. The van der Waals surface area contributed by atoms with Crippen LogP contribution in [-0.2, 0) is 27.9 Å². The molecular formula is C52H99O12P. The summed E-state index contributed by atoms with van der Waals surface area (Å²) >= 11 is 0. The lowest BCUT2D eigenvalue weighted by molar-refractivity contribution is -0.220. The number of carbonyl (C=O) groups excluding carboxylic acids is 1. The van der Waals surface area contributed by atoms with Crippen molar-refractivity contribution in [2.24, 2.45) is 0 Å². The van der Waals surface area contributed by atoms with E-state index in [1.807, 2.05) is 0 Å². The van der Waals surface area contributed by atoms with E-state index in [9.17, 15) is 39.8 Å². The van der Waals surface area contributed by atoms with E-state index in [-0.39, 0.29) is 13.0 Å². The van der Waals surface area contributed by atoms with E-state index < -0.39 is 63.1 Å². The second kappa shape index (κ2) is 42.9. The van der Waals surface area contributed by atoms with Gasteiger partial charge >= 0.3 is 13.8 Å². The third kappa shape index (κ3) is 34.7. The topological polar surface area (TPSA) is 192 Å². The minimum Gasteiger partial charge on any atom is -0.457 e. The third-order valence-electron chi connectivity index (χ3n) is 12.6. The van der Waals surface area contributed by atoms with Gasteiger partial charge in [0.25, 0.3) is 0 Å². The second-order valence-electron chi connectivity index (χ2n) is 18.7. The predicted molar refractivity (Wildman–Crippen MR) is 263 cm³/mol. The van der Waals surface area contributed by atoms with Crippen molar-refractivity contribution < 1.29 is 58.3 Å². The van der Waals surface area contributed by atoms with E-state index in [4.69, 9.17) is 18.5 Å². The number of phosphoric acid groups is 1. The number of carbonyl (C=O) groups is 1. The zero-order valence-electron chi connectivity index (χ0n) is 41.3. The largest absolute Gasteiger partial charge is 0.472 e. The molecule has 1 saturated carbocycles. The van der Waals surface area contributed by atoms with Crippen molar-refractivity contribution in [3.8, 4) is 0 Å². The van der Waals surface area contributed by atoms with Gasteiger partial charge in [-0.15, -0.1) is 0 Å². The van der Waals surface area contributed by atoms with Gasteiger partial charge in [-0.25, -0.2) is 4.57 Å². The number of hydrogen-bond donors (Lipinski definition) is 6. The molecule has 6 atom stereocenters. The van der Waals surface area contributed by atoms with Crippen molar-refractivity contribution in [2.75, 3.05) is 19.8 Å². The minimum atomic E-state index is -5.02. The van der Waals surface area contributed by atoms with Crippen LogP contribution in [0.3, 0.4) is 0 Å². The summed E-state index contributed by atoms with van der Waals surface area (Å²) in [6, 6.07) is 0. The molecule has 0 heterocycles. The van der Waals surface area contributed by atoms with Gasteiger partial charge in [0, 0.05) is 13.0 Å². The number of allylic oxidation sites excluding steroid dienone is 4. The number of hydrogen-bond acceptors (Lipinski definition) is 11. The monoisotopic (exact) mass is 947 g/mol. The van der Waals surface area contributed by atoms with Gasteiger partial charge in [-0.2, -0.15) is 0 Å². The average molecular weight is 947 g/mol. The Hall–Kier alpha value is -1.18. The Labute approximate surface area is 396 Å². The Morgan fingerprint density at radius 1 is 0.492 bits per heavy atom. The maximum atomic E-state index is 12.8. The molecule has 0 spiro atoms. The molecule has 0 bridgehead atoms. The van der Waals surface area contributed by atoms with Gasteiger partial charge in [-0.05, 0) is 44.9 Å². The van der Waals surface area contributed by atoms with Crippen LogP contribution in [0.4, 0.5) is 0 Å². The van der Waals surface area contributed by atoms with Gasteiger partial charge < -0.3 is 39.9 Å². The molecule has 0 aromatic carbocycles. The fourth-order valence-electron chi connectivity index (χ4n) is 8.33. The molecule has 1 aliphatic carbocycles. The van der Waals surface area contributed by atoms with Gasteiger partial charge in [0.15, 0.2) is 0 Å². The van der Waals surface area contributed by atoms with E-state index in [1.54, 1.807) is 0 Å². The fourth-order valence-corrected chi connectivity index (χ4v) is 9.30. The van der Waals surface area contributed by atoms with E-state index >= 15 is 0 Å². The molecule has 1 rings (SSSR count). The Balaban J connectivity index is 2.28. The lowest BCUT2D eigenvalue weighted by Gasteiger charge is -2.41. The van der Waals surface area contributed by atoms with Crippen LogP contribution in [0.15, 0.2) is 24.3 Å². The second-order valence-corrected chi connectivity index (χ2v) is 20.1. The van der Waals surface area contributed by atoms with Crippen molar-refractivity contribution >= 4 is 13.8 Å². The number of aliphatic hydroxyl groups excluding tert-OH is 5. The number of ether oxygens (including phenoxy) is 2. The van der Waals surface area contributed by atoms with Gasteiger partial charge in [0.2, 0.25) is 0 Å². The molecule has 13 heteroatoms. The number of aliphatic hydroxyl groups is 5.